The molecule has 2 aromatic rings. The molecule has 20 heavy (non-hydrogen) atoms. The highest BCUT2D eigenvalue weighted by molar-refractivity contribution is 6.33. The second kappa shape index (κ2) is 6.36. The van der Waals surface area contributed by atoms with Crippen molar-refractivity contribution in [3.8, 4) is 0 Å². The molecule has 0 aliphatic heterocycles. The Labute approximate surface area is 122 Å². The van der Waals surface area contributed by atoms with Crippen LogP contribution in [0.15, 0.2) is 42.6 Å². The number of urea groups is 1. The summed E-state index contributed by atoms with van der Waals surface area (Å²) < 4.78 is 0. The molecule has 6 heteroatoms. The largest absolute Gasteiger partial charge is 0.324 e. The first-order valence-corrected chi connectivity index (χ1v) is 6.48. The fourth-order valence-corrected chi connectivity index (χ4v) is 1.79. The molecule has 1 heterocycles. The molecule has 2 amide bonds. The number of nitrogens with one attached hydrogen (secondary N) is 2. The Morgan fingerprint density at radius 1 is 1.25 bits per heavy atom. The van der Waals surface area contributed by atoms with Crippen molar-refractivity contribution in [2.45, 2.75) is 13.0 Å². The summed E-state index contributed by atoms with van der Waals surface area (Å²) in [5, 5.41) is 5.66. The van der Waals surface area contributed by atoms with Crippen LogP contribution in [0.25, 0.3) is 0 Å². The summed E-state index contributed by atoms with van der Waals surface area (Å²) in [4.78, 5) is 15.8. The summed E-state index contributed by atoms with van der Waals surface area (Å²) in [7, 11) is 0. The predicted octanol–water partition coefficient (Wildman–Crippen LogP) is 3.40. The number of anilines is 2. The van der Waals surface area contributed by atoms with Gasteiger partial charge in [-0.3, -0.25) is 5.32 Å². The van der Waals surface area contributed by atoms with Gasteiger partial charge in [-0.1, -0.05) is 23.7 Å². The van der Waals surface area contributed by atoms with Gasteiger partial charge in [0, 0.05) is 17.9 Å². The number of carbonyl (C=O) groups is 1. The van der Waals surface area contributed by atoms with Gasteiger partial charge in [0.25, 0.3) is 0 Å². The number of carbonyl (C=O) groups excluding carboxylic acids is 1. The minimum absolute atomic E-state index is 0.0369. The SMILES string of the molecule is CC(N)c1ccc(NC(=O)Nc2ncccc2Cl)cc1. The zero-order chi connectivity index (χ0) is 14.5. The number of hydrogen-bond donors (Lipinski definition) is 3. The molecule has 4 N–H and O–H groups in total. The van der Waals surface area contributed by atoms with Gasteiger partial charge in [-0.05, 0) is 36.8 Å². The smallest absolute Gasteiger partial charge is 0.324 e. The number of benzene rings is 1. The first kappa shape index (κ1) is 14.3. The van der Waals surface area contributed by atoms with E-state index in [2.05, 4.69) is 15.6 Å². The summed E-state index contributed by atoms with van der Waals surface area (Å²) >= 11 is 5.91. The van der Waals surface area contributed by atoms with E-state index in [-0.39, 0.29) is 6.04 Å². The summed E-state index contributed by atoms with van der Waals surface area (Å²) in [6.45, 7) is 1.90. The quantitative estimate of drug-likeness (QED) is 0.810. The summed E-state index contributed by atoms with van der Waals surface area (Å²) in [6.07, 6.45) is 1.55. The molecule has 0 saturated carbocycles. The highest BCUT2D eigenvalue weighted by Crippen LogP contribution is 2.18. The van der Waals surface area contributed by atoms with Gasteiger partial charge in [0.05, 0.1) is 5.02 Å². The Morgan fingerprint density at radius 2 is 1.95 bits per heavy atom. The van der Waals surface area contributed by atoms with Crippen LogP contribution in [0.5, 0.6) is 0 Å². The van der Waals surface area contributed by atoms with Crippen LogP contribution in [0, 0.1) is 0 Å². The number of nitrogens with two attached hydrogens (primary N) is 1. The first-order valence-electron chi connectivity index (χ1n) is 6.10. The molecule has 0 fully saturated rings. The summed E-state index contributed by atoms with van der Waals surface area (Å²) in [5.74, 6) is 0.318. The highest BCUT2D eigenvalue weighted by atomic mass is 35.5. The van der Waals surface area contributed by atoms with E-state index >= 15 is 0 Å². The molecule has 1 unspecified atom stereocenters. The van der Waals surface area contributed by atoms with E-state index in [0.29, 0.717) is 16.5 Å². The van der Waals surface area contributed by atoms with Gasteiger partial charge >= 0.3 is 6.03 Å². The summed E-state index contributed by atoms with van der Waals surface area (Å²) in [6, 6.07) is 10.2. The molecule has 2 rings (SSSR count). The van der Waals surface area contributed by atoms with Crippen LogP contribution in [-0.4, -0.2) is 11.0 Å². The van der Waals surface area contributed by atoms with Crippen LogP contribution in [0.4, 0.5) is 16.3 Å². The molecule has 1 aromatic heterocycles. The zero-order valence-corrected chi connectivity index (χ0v) is 11.7. The zero-order valence-electron chi connectivity index (χ0n) is 10.9. The number of aromatic nitrogens is 1. The van der Waals surface area contributed by atoms with Crippen molar-refractivity contribution in [1.82, 2.24) is 4.98 Å². The number of nitrogens with zero attached hydrogens (tertiary/aromatic N) is 1. The Bertz CT molecular complexity index is 598. The van der Waals surface area contributed by atoms with Gasteiger partial charge < -0.3 is 11.1 Å². The van der Waals surface area contributed by atoms with Crippen LogP contribution >= 0.6 is 11.6 Å². The Kier molecular flexibility index (Phi) is 4.55. The lowest BCUT2D eigenvalue weighted by atomic mass is 10.1. The third-order valence-electron chi connectivity index (χ3n) is 2.68. The molecular weight excluding hydrogens is 276 g/mol. The Morgan fingerprint density at radius 3 is 2.55 bits per heavy atom. The van der Waals surface area contributed by atoms with Crippen LogP contribution < -0.4 is 16.4 Å². The van der Waals surface area contributed by atoms with Gasteiger partial charge in [-0.2, -0.15) is 0 Å². The van der Waals surface area contributed by atoms with Crippen molar-refractivity contribution >= 4 is 29.1 Å². The molecular formula is C14H15ClN4O. The molecule has 1 atom stereocenters. The standard InChI is InChI=1S/C14H15ClN4O/c1-9(16)10-4-6-11(7-5-10)18-14(20)19-13-12(15)3-2-8-17-13/h2-9H,16H2,1H3,(H2,17,18,19,20). The average molecular weight is 291 g/mol. The lowest BCUT2D eigenvalue weighted by molar-refractivity contribution is 0.262. The Balaban J connectivity index is 1.99. The molecule has 104 valence electrons. The lowest BCUT2D eigenvalue weighted by Crippen LogP contribution is -2.20. The first-order chi connectivity index (χ1) is 9.56. The minimum Gasteiger partial charge on any atom is -0.324 e. The number of pyridine rings is 1. The third kappa shape index (κ3) is 3.69. The van der Waals surface area contributed by atoms with E-state index < -0.39 is 6.03 Å². The van der Waals surface area contributed by atoms with Gasteiger partial charge in [0.1, 0.15) is 0 Å². The highest BCUT2D eigenvalue weighted by Gasteiger charge is 2.07. The third-order valence-corrected chi connectivity index (χ3v) is 2.99. The number of hydrogen-bond acceptors (Lipinski definition) is 3. The second-order valence-electron chi connectivity index (χ2n) is 4.32. The van der Waals surface area contributed by atoms with Crippen molar-refractivity contribution in [2.24, 2.45) is 5.73 Å². The molecule has 5 nitrogen and oxygen atoms in total. The van der Waals surface area contributed by atoms with E-state index in [4.69, 9.17) is 17.3 Å². The number of halogens is 1. The summed E-state index contributed by atoms with van der Waals surface area (Å²) in [5.41, 5.74) is 7.43. The van der Waals surface area contributed by atoms with Gasteiger partial charge in [-0.15, -0.1) is 0 Å². The normalized spacial score (nSPS) is 11.8. The molecule has 0 saturated heterocycles. The van der Waals surface area contributed by atoms with E-state index in [1.807, 2.05) is 19.1 Å². The predicted molar refractivity (Wildman–Crippen MR) is 80.9 cm³/mol. The molecule has 0 bridgehead atoms. The fourth-order valence-electron chi connectivity index (χ4n) is 1.62. The van der Waals surface area contributed by atoms with E-state index in [1.54, 1.807) is 30.5 Å². The maximum absolute atomic E-state index is 11.8. The van der Waals surface area contributed by atoms with Crippen molar-refractivity contribution < 1.29 is 4.79 Å². The number of amides is 2. The molecule has 0 radical (unpaired) electrons. The van der Waals surface area contributed by atoms with Crippen LogP contribution in [0.1, 0.15) is 18.5 Å². The van der Waals surface area contributed by atoms with Crippen molar-refractivity contribution in [3.05, 3.63) is 53.2 Å². The topological polar surface area (TPSA) is 80.0 Å². The Hall–Kier alpha value is -2.11. The van der Waals surface area contributed by atoms with E-state index in [0.717, 1.165) is 5.56 Å². The maximum Gasteiger partial charge on any atom is 0.324 e. The van der Waals surface area contributed by atoms with Crippen molar-refractivity contribution in [1.29, 1.82) is 0 Å². The monoisotopic (exact) mass is 290 g/mol. The van der Waals surface area contributed by atoms with Crippen LogP contribution in [-0.2, 0) is 0 Å². The lowest BCUT2D eigenvalue weighted by Gasteiger charge is -2.09. The van der Waals surface area contributed by atoms with Gasteiger partial charge in [0.15, 0.2) is 5.82 Å². The van der Waals surface area contributed by atoms with E-state index in [9.17, 15) is 4.79 Å². The van der Waals surface area contributed by atoms with E-state index in [1.165, 1.54) is 0 Å². The number of rotatable bonds is 3. The molecule has 0 aliphatic carbocycles. The molecule has 1 aromatic carbocycles. The van der Waals surface area contributed by atoms with Gasteiger partial charge in [-0.25, -0.2) is 9.78 Å². The van der Waals surface area contributed by atoms with Crippen molar-refractivity contribution in [3.63, 3.8) is 0 Å². The average Bonchev–Trinajstić information content (AvgIpc) is 2.42. The molecule has 0 aliphatic rings. The maximum atomic E-state index is 11.8. The second-order valence-corrected chi connectivity index (χ2v) is 4.73. The van der Waals surface area contributed by atoms with Crippen LogP contribution in [0.3, 0.4) is 0 Å². The minimum atomic E-state index is -0.404. The van der Waals surface area contributed by atoms with Crippen molar-refractivity contribution in [2.75, 3.05) is 10.6 Å². The molecule has 0 spiro atoms. The van der Waals surface area contributed by atoms with Crippen LogP contribution in [0.2, 0.25) is 5.02 Å². The van der Waals surface area contributed by atoms with Gasteiger partial charge in [0.2, 0.25) is 0 Å². The fraction of sp³-hybridized carbons (Fsp3) is 0.143.